The first-order chi connectivity index (χ1) is 7.81. The molecule has 2 unspecified atom stereocenters. The Hall–Kier alpha value is -0.380. The zero-order chi connectivity index (χ0) is 11.0. The van der Waals surface area contributed by atoms with Crippen LogP contribution in [0.5, 0.6) is 0 Å². The van der Waals surface area contributed by atoms with E-state index in [4.69, 9.17) is 0 Å². The molecule has 0 bridgehead atoms. The van der Waals surface area contributed by atoms with Gasteiger partial charge in [0.25, 0.3) is 0 Å². The number of nitrogens with one attached hydrogen (secondary N) is 1. The van der Waals surface area contributed by atoms with Crippen LogP contribution in [0.25, 0.3) is 0 Å². The van der Waals surface area contributed by atoms with Gasteiger partial charge in [-0.25, -0.2) is 0 Å². The van der Waals surface area contributed by atoms with Crippen molar-refractivity contribution in [2.45, 2.75) is 32.4 Å². The van der Waals surface area contributed by atoms with Crippen molar-refractivity contribution in [2.24, 2.45) is 5.92 Å². The Kier molecular flexibility index (Phi) is 3.01. The summed E-state index contributed by atoms with van der Waals surface area (Å²) in [4.78, 5) is 5.58. The molecule has 2 saturated heterocycles. The normalized spacial score (nSPS) is 30.6. The van der Waals surface area contributed by atoms with E-state index in [0.29, 0.717) is 0 Å². The van der Waals surface area contributed by atoms with Gasteiger partial charge in [0.2, 0.25) is 0 Å². The molecule has 2 fully saturated rings. The van der Waals surface area contributed by atoms with Gasteiger partial charge in [-0.1, -0.05) is 0 Å². The van der Waals surface area contributed by atoms with Gasteiger partial charge in [-0.2, -0.15) is 0 Å². The lowest BCUT2D eigenvalue weighted by Gasteiger charge is -2.24. The number of likely N-dealkylation sites (tertiary alicyclic amines) is 1. The first-order valence-corrected chi connectivity index (χ1v) is 7.14. The molecule has 88 valence electrons. The lowest BCUT2D eigenvalue weighted by Crippen LogP contribution is -2.40. The highest BCUT2D eigenvalue weighted by molar-refractivity contribution is 7.11. The number of aryl methyl sites for hydroxylation is 1. The molecule has 0 aromatic carbocycles. The van der Waals surface area contributed by atoms with E-state index < -0.39 is 0 Å². The fourth-order valence-electron chi connectivity index (χ4n) is 3.06. The van der Waals surface area contributed by atoms with Crippen LogP contribution in [0, 0.1) is 12.8 Å². The van der Waals surface area contributed by atoms with Gasteiger partial charge >= 0.3 is 0 Å². The standard InChI is InChI=1S/C13H20N2S/c1-10-4-5-12(16-10)8-15-7-11-3-2-6-14-13(11)9-15/h4-5,11,13-14H,2-3,6-9H2,1H3. The molecule has 0 radical (unpaired) electrons. The molecular weight excluding hydrogens is 216 g/mol. The maximum atomic E-state index is 3.66. The maximum Gasteiger partial charge on any atom is 0.0328 e. The maximum absolute atomic E-state index is 3.66. The highest BCUT2D eigenvalue weighted by Crippen LogP contribution is 2.27. The third-order valence-electron chi connectivity index (χ3n) is 3.85. The van der Waals surface area contributed by atoms with Gasteiger partial charge in [-0.05, 0) is 44.4 Å². The van der Waals surface area contributed by atoms with E-state index in [9.17, 15) is 0 Å². The van der Waals surface area contributed by atoms with Gasteiger partial charge in [0.1, 0.15) is 0 Å². The van der Waals surface area contributed by atoms with Crippen molar-refractivity contribution < 1.29 is 0 Å². The number of rotatable bonds is 2. The summed E-state index contributed by atoms with van der Waals surface area (Å²) in [7, 11) is 0. The van der Waals surface area contributed by atoms with Gasteiger partial charge < -0.3 is 5.32 Å². The van der Waals surface area contributed by atoms with Crippen LogP contribution in [0.4, 0.5) is 0 Å². The van der Waals surface area contributed by atoms with Gasteiger partial charge in [-0.15, -0.1) is 11.3 Å². The molecule has 1 aromatic heterocycles. The van der Waals surface area contributed by atoms with Crippen molar-refractivity contribution in [2.75, 3.05) is 19.6 Å². The van der Waals surface area contributed by atoms with E-state index in [1.165, 1.54) is 42.2 Å². The summed E-state index contributed by atoms with van der Waals surface area (Å²) in [5, 5.41) is 3.66. The first kappa shape index (κ1) is 10.8. The Labute approximate surface area is 102 Å². The smallest absolute Gasteiger partial charge is 0.0328 e. The summed E-state index contributed by atoms with van der Waals surface area (Å²) >= 11 is 1.95. The average Bonchev–Trinajstić information content (AvgIpc) is 2.84. The summed E-state index contributed by atoms with van der Waals surface area (Å²) in [5.41, 5.74) is 0. The molecule has 1 N–H and O–H groups in total. The van der Waals surface area contributed by atoms with Crippen LogP contribution in [0.3, 0.4) is 0 Å². The van der Waals surface area contributed by atoms with Crippen LogP contribution in [-0.2, 0) is 6.54 Å². The Morgan fingerprint density at radius 3 is 3.12 bits per heavy atom. The van der Waals surface area contributed by atoms with Crippen LogP contribution in [-0.4, -0.2) is 30.6 Å². The molecule has 0 saturated carbocycles. The fraction of sp³-hybridized carbons (Fsp3) is 0.692. The molecule has 1 aromatic rings. The average molecular weight is 236 g/mol. The third-order valence-corrected chi connectivity index (χ3v) is 4.84. The largest absolute Gasteiger partial charge is 0.312 e. The van der Waals surface area contributed by atoms with E-state index in [1.807, 2.05) is 11.3 Å². The molecule has 0 amide bonds. The molecule has 16 heavy (non-hydrogen) atoms. The predicted molar refractivity (Wildman–Crippen MR) is 68.8 cm³/mol. The molecule has 3 heteroatoms. The number of piperidine rings is 1. The second-order valence-electron chi connectivity index (χ2n) is 5.17. The molecule has 0 spiro atoms. The third kappa shape index (κ3) is 2.17. The van der Waals surface area contributed by atoms with Crippen molar-refractivity contribution >= 4 is 11.3 Å². The van der Waals surface area contributed by atoms with E-state index in [1.54, 1.807) is 0 Å². The quantitative estimate of drug-likeness (QED) is 0.847. The predicted octanol–water partition coefficient (Wildman–Crippen LogP) is 2.24. The Morgan fingerprint density at radius 2 is 2.38 bits per heavy atom. The van der Waals surface area contributed by atoms with E-state index in [2.05, 4.69) is 29.3 Å². The summed E-state index contributed by atoms with van der Waals surface area (Å²) in [6, 6.07) is 5.30. The monoisotopic (exact) mass is 236 g/mol. The number of nitrogens with zero attached hydrogens (tertiary/aromatic N) is 1. The molecule has 2 atom stereocenters. The van der Waals surface area contributed by atoms with Crippen molar-refractivity contribution in [3.63, 3.8) is 0 Å². The number of hydrogen-bond donors (Lipinski definition) is 1. The van der Waals surface area contributed by atoms with Crippen LogP contribution in [0.15, 0.2) is 12.1 Å². The highest BCUT2D eigenvalue weighted by Gasteiger charge is 2.33. The minimum absolute atomic E-state index is 0.773. The van der Waals surface area contributed by atoms with Crippen LogP contribution >= 0.6 is 11.3 Å². The highest BCUT2D eigenvalue weighted by atomic mass is 32.1. The lowest BCUT2D eigenvalue weighted by atomic mass is 9.94. The molecular formula is C13H20N2S. The van der Waals surface area contributed by atoms with E-state index in [-0.39, 0.29) is 0 Å². The van der Waals surface area contributed by atoms with Crippen molar-refractivity contribution in [3.05, 3.63) is 21.9 Å². The van der Waals surface area contributed by atoms with Crippen molar-refractivity contribution in [1.82, 2.24) is 10.2 Å². The summed E-state index contributed by atoms with van der Waals surface area (Å²) < 4.78 is 0. The zero-order valence-electron chi connectivity index (χ0n) is 9.91. The molecule has 2 nitrogen and oxygen atoms in total. The van der Waals surface area contributed by atoms with Crippen LogP contribution in [0.2, 0.25) is 0 Å². The van der Waals surface area contributed by atoms with Gasteiger partial charge in [0.05, 0.1) is 0 Å². The van der Waals surface area contributed by atoms with Gasteiger partial charge in [0, 0.05) is 35.4 Å². The van der Waals surface area contributed by atoms with Crippen LogP contribution in [0.1, 0.15) is 22.6 Å². The molecule has 2 aliphatic rings. The topological polar surface area (TPSA) is 15.3 Å². The Bertz CT molecular complexity index is 347. The van der Waals surface area contributed by atoms with Crippen LogP contribution < -0.4 is 5.32 Å². The molecule has 2 aliphatic heterocycles. The second kappa shape index (κ2) is 4.47. The lowest BCUT2D eigenvalue weighted by molar-refractivity contribution is 0.315. The van der Waals surface area contributed by atoms with Crippen molar-refractivity contribution in [1.29, 1.82) is 0 Å². The second-order valence-corrected chi connectivity index (χ2v) is 6.54. The van der Waals surface area contributed by atoms with E-state index >= 15 is 0 Å². The minimum Gasteiger partial charge on any atom is -0.312 e. The Balaban J connectivity index is 1.61. The Morgan fingerprint density at radius 1 is 1.44 bits per heavy atom. The summed E-state index contributed by atoms with van der Waals surface area (Å²) in [6.07, 6.45) is 2.80. The van der Waals surface area contributed by atoms with Gasteiger partial charge in [-0.3, -0.25) is 4.90 Å². The van der Waals surface area contributed by atoms with Gasteiger partial charge in [0.15, 0.2) is 0 Å². The minimum atomic E-state index is 0.773. The number of hydrogen-bond acceptors (Lipinski definition) is 3. The first-order valence-electron chi connectivity index (χ1n) is 6.32. The summed E-state index contributed by atoms with van der Waals surface area (Å²) in [6.45, 7) is 7.13. The molecule has 3 heterocycles. The SMILES string of the molecule is Cc1ccc(CN2CC3CCCNC3C2)s1. The van der Waals surface area contributed by atoms with Crippen molar-refractivity contribution in [3.8, 4) is 0 Å². The number of fused-ring (bicyclic) bond motifs is 1. The number of thiophene rings is 1. The van der Waals surface area contributed by atoms with E-state index in [0.717, 1.165) is 18.5 Å². The summed E-state index contributed by atoms with van der Waals surface area (Å²) in [5.74, 6) is 0.912. The zero-order valence-corrected chi connectivity index (χ0v) is 10.7. The molecule has 3 rings (SSSR count). The molecule has 0 aliphatic carbocycles. The fourth-order valence-corrected chi connectivity index (χ4v) is 3.99.